The minimum Gasteiger partial charge on any atom is -0.483 e. The number of aryl methyl sites for hydroxylation is 1. The van der Waals surface area contributed by atoms with Gasteiger partial charge in [0.2, 0.25) is 0 Å². The number of aromatic nitrogens is 1. The van der Waals surface area contributed by atoms with Gasteiger partial charge < -0.3 is 4.74 Å². The number of carbonyl (C=O) groups is 2. The van der Waals surface area contributed by atoms with E-state index in [-0.39, 0.29) is 29.5 Å². The van der Waals surface area contributed by atoms with Crippen LogP contribution in [0.15, 0.2) is 47.2 Å². The highest BCUT2D eigenvalue weighted by Crippen LogP contribution is 2.49. The van der Waals surface area contributed by atoms with E-state index in [0.717, 1.165) is 24.0 Å². The van der Waals surface area contributed by atoms with E-state index < -0.39 is 6.04 Å². The van der Waals surface area contributed by atoms with Crippen molar-refractivity contribution in [3.63, 3.8) is 0 Å². The van der Waals surface area contributed by atoms with Gasteiger partial charge in [-0.25, -0.2) is 4.98 Å². The lowest BCUT2D eigenvalue weighted by Crippen LogP contribution is -2.43. The van der Waals surface area contributed by atoms with E-state index in [1.807, 2.05) is 36.6 Å². The number of anilines is 1. The maximum Gasteiger partial charge on any atom is 0.296 e. The first-order chi connectivity index (χ1) is 14.0. The smallest absolute Gasteiger partial charge is 0.296 e. The second-order valence-corrected chi connectivity index (χ2v) is 9.47. The number of hydrogen-bond acceptors (Lipinski definition) is 5. The number of amides is 1. The van der Waals surface area contributed by atoms with Crippen LogP contribution < -0.4 is 4.90 Å². The average molecular weight is 409 g/mol. The quantitative estimate of drug-likeness (QED) is 0.737. The average Bonchev–Trinajstić information content (AvgIpc) is 3.31. The first kappa shape index (κ1) is 18.6. The van der Waals surface area contributed by atoms with Crippen LogP contribution in [0.2, 0.25) is 0 Å². The summed E-state index contributed by atoms with van der Waals surface area (Å²) >= 11 is 1.40. The molecule has 5 rings (SSSR count). The first-order valence-corrected chi connectivity index (χ1v) is 11.1. The Morgan fingerprint density at radius 2 is 1.83 bits per heavy atom. The van der Waals surface area contributed by atoms with E-state index in [2.05, 4.69) is 18.8 Å². The summed E-state index contributed by atoms with van der Waals surface area (Å²) in [7, 11) is 0. The Morgan fingerprint density at radius 1 is 1.10 bits per heavy atom. The van der Waals surface area contributed by atoms with Gasteiger partial charge in [-0.15, -0.1) is 11.3 Å². The minimum atomic E-state index is -0.479. The fraction of sp³-hybridized carbons (Fsp3) is 0.435. The highest BCUT2D eigenvalue weighted by Gasteiger charge is 2.54. The highest BCUT2D eigenvalue weighted by atomic mass is 32.1. The van der Waals surface area contributed by atoms with Gasteiger partial charge >= 0.3 is 0 Å². The first-order valence-electron chi connectivity index (χ1n) is 10.2. The van der Waals surface area contributed by atoms with Crippen molar-refractivity contribution in [1.29, 1.82) is 0 Å². The molecule has 6 heteroatoms. The standard InChI is InChI=1S/C23H24N2O3S/c1-12-4-6-15(7-5-12)19-18-20(26)16-10-13(2)14(3)11-17(16)28-21(18)22(27)25(19)23-24-8-9-29-23/h4-9,13-14,16-17,19H,10-11H2,1-3H3. The zero-order chi connectivity index (χ0) is 20.3. The normalized spacial score (nSPS) is 31.6. The third-order valence-electron chi connectivity index (χ3n) is 6.73. The van der Waals surface area contributed by atoms with Crippen molar-refractivity contribution in [3.8, 4) is 0 Å². The molecule has 1 aromatic carbocycles. The number of benzene rings is 1. The van der Waals surface area contributed by atoms with Crippen LogP contribution >= 0.6 is 11.3 Å². The molecule has 150 valence electrons. The molecule has 29 heavy (non-hydrogen) atoms. The summed E-state index contributed by atoms with van der Waals surface area (Å²) in [5, 5.41) is 2.44. The third kappa shape index (κ3) is 2.84. The number of ketones is 1. The number of carbonyl (C=O) groups excluding carboxylic acids is 2. The van der Waals surface area contributed by atoms with E-state index in [1.165, 1.54) is 11.3 Å². The van der Waals surface area contributed by atoms with Crippen LogP contribution in [0.1, 0.15) is 43.9 Å². The molecule has 1 aromatic heterocycles. The van der Waals surface area contributed by atoms with Crippen LogP contribution in [-0.4, -0.2) is 22.8 Å². The number of ether oxygens (including phenoxy) is 1. The number of thiazole rings is 1. The summed E-state index contributed by atoms with van der Waals surface area (Å²) in [5.41, 5.74) is 2.56. The molecule has 1 saturated carbocycles. The van der Waals surface area contributed by atoms with E-state index in [9.17, 15) is 9.59 Å². The third-order valence-corrected chi connectivity index (χ3v) is 7.50. The van der Waals surface area contributed by atoms with Crippen LogP contribution in [0.25, 0.3) is 0 Å². The van der Waals surface area contributed by atoms with Gasteiger partial charge in [0.15, 0.2) is 16.7 Å². The summed E-state index contributed by atoms with van der Waals surface area (Å²) < 4.78 is 6.26. The highest BCUT2D eigenvalue weighted by molar-refractivity contribution is 7.13. The number of hydrogen-bond donors (Lipinski definition) is 0. The van der Waals surface area contributed by atoms with Gasteiger partial charge in [-0.3, -0.25) is 14.5 Å². The Kier molecular flexibility index (Phi) is 4.35. The summed E-state index contributed by atoms with van der Waals surface area (Å²) in [6.07, 6.45) is 3.11. The fourth-order valence-corrected chi connectivity index (χ4v) is 5.52. The molecular weight excluding hydrogens is 384 g/mol. The summed E-state index contributed by atoms with van der Waals surface area (Å²) in [6, 6.07) is 7.54. The van der Waals surface area contributed by atoms with E-state index in [1.54, 1.807) is 11.1 Å². The van der Waals surface area contributed by atoms with E-state index >= 15 is 0 Å². The molecule has 5 unspecified atom stereocenters. The molecule has 0 N–H and O–H groups in total. The maximum absolute atomic E-state index is 13.7. The Bertz CT molecular complexity index is 996. The zero-order valence-corrected chi connectivity index (χ0v) is 17.6. The van der Waals surface area contributed by atoms with Crippen LogP contribution in [0, 0.1) is 24.7 Å². The Balaban J connectivity index is 1.63. The van der Waals surface area contributed by atoms with Crippen molar-refractivity contribution < 1.29 is 14.3 Å². The molecule has 0 spiro atoms. The van der Waals surface area contributed by atoms with Gasteiger partial charge in [0.25, 0.3) is 5.91 Å². The second kappa shape index (κ2) is 6.80. The predicted molar refractivity (Wildman–Crippen MR) is 111 cm³/mol. The van der Waals surface area contributed by atoms with E-state index in [0.29, 0.717) is 22.5 Å². The summed E-state index contributed by atoms with van der Waals surface area (Å²) in [4.78, 5) is 33.1. The molecule has 2 aliphatic heterocycles. The van der Waals surface area contributed by atoms with Crippen molar-refractivity contribution in [1.82, 2.24) is 4.98 Å². The molecule has 1 aliphatic carbocycles. The largest absolute Gasteiger partial charge is 0.483 e. The molecule has 0 saturated heterocycles. The van der Waals surface area contributed by atoms with Gasteiger partial charge in [-0.2, -0.15) is 0 Å². The predicted octanol–water partition coefficient (Wildman–Crippen LogP) is 4.44. The fourth-order valence-electron chi connectivity index (χ4n) is 4.86. The molecule has 1 amide bonds. The Hall–Kier alpha value is -2.47. The number of Topliss-reactive ketones (excluding diaryl/α,β-unsaturated/α-hetero) is 1. The van der Waals surface area contributed by atoms with Crippen LogP contribution in [-0.2, 0) is 14.3 Å². The second-order valence-electron chi connectivity index (χ2n) is 8.60. The summed E-state index contributed by atoms with van der Waals surface area (Å²) in [6.45, 7) is 6.43. The van der Waals surface area contributed by atoms with Gasteiger partial charge in [0.05, 0.1) is 17.5 Å². The van der Waals surface area contributed by atoms with Crippen molar-refractivity contribution in [3.05, 3.63) is 58.3 Å². The number of nitrogens with zero attached hydrogens (tertiary/aromatic N) is 2. The van der Waals surface area contributed by atoms with Crippen molar-refractivity contribution >= 4 is 28.2 Å². The van der Waals surface area contributed by atoms with Gasteiger partial charge in [0, 0.05) is 11.6 Å². The number of fused-ring (bicyclic) bond motifs is 1. The molecule has 3 heterocycles. The molecule has 3 aliphatic rings. The maximum atomic E-state index is 13.7. The van der Waals surface area contributed by atoms with Crippen molar-refractivity contribution in [2.75, 3.05) is 4.90 Å². The van der Waals surface area contributed by atoms with Crippen molar-refractivity contribution in [2.24, 2.45) is 17.8 Å². The molecular formula is C23H24N2O3S. The topological polar surface area (TPSA) is 59.5 Å². The molecule has 0 radical (unpaired) electrons. The SMILES string of the molecule is Cc1ccc(C2C3=C(OC4CC(C)C(C)CC4C3=O)C(=O)N2c2nccs2)cc1. The van der Waals surface area contributed by atoms with Gasteiger partial charge in [-0.05, 0) is 37.2 Å². The van der Waals surface area contributed by atoms with Crippen LogP contribution in [0.5, 0.6) is 0 Å². The van der Waals surface area contributed by atoms with Gasteiger partial charge in [0.1, 0.15) is 6.10 Å². The van der Waals surface area contributed by atoms with Gasteiger partial charge in [-0.1, -0.05) is 43.7 Å². The zero-order valence-electron chi connectivity index (χ0n) is 16.8. The van der Waals surface area contributed by atoms with Crippen molar-refractivity contribution in [2.45, 2.75) is 45.8 Å². The Morgan fingerprint density at radius 3 is 2.52 bits per heavy atom. The van der Waals surface area contributed by atoms with Crippen LogP contribution in [0.3, 0.4) is 0 Å². The molecule has 0 bridgehead atoms. The lowest BCUT2D eigenvalue weighted by Gasteiger charge is -2.40. The summed E-state index contributed by atoms with van der Waals surface area (Å²) in [5.74, 6) is 0.837. The molecule has 5 atom stereocenters. The minimum absolute atomic E-state index is 0.0768. The lowest BCUT2D eigenvalue weighted by molar-refractivity contribution is -0.134. The van der Waals surface area contributed by atoms with Crippen LogP contribution in [0.4, 0.5) is 5.13 Å². The lowest BCUT2D eigenvalue weighted by atomic mass is 9.70. The molecule has 1 fully saturated rings. The van der Waals surface area contributed by atoms with E-state index in [4.69, 9.17) is 4.74 Å². The molecule has 5 nitrogen and oxygen atoms in total. The Labute approximate surface area is 174 Å². The monoisotopic (exact) mass is 408 g/mol. The number of rotatable bonds is 2. The molecule has 2 aromatic rings.